The molecule has 3 heteroatoms. The van der Waals surface area contributed by atoms with Crippen molar-refractivity contribution in [2.45, 2.75) is 52.5 Å². The monoisotopic (exact) mass is 270 g/mol. The minimum atomic E-state index is 0.645. The van der Waals surface area contributed by atoms with Crippen molar-refractivity contribution in [2.75, 3.05) is 39.9 Å². The van der Waals surface area contributed by atoms with Gasteiger partial charge < -0.3 is 15.0 Å². The van der Waals surface area contributed by atoms with Crippen molar-refractivity contribution in [3.63, 3.8) is 0 Å². The van der Waals surface area contributed by atoms with Crippen LogP contribution in [-0.2, 0) is 4.74 Å². The average molecular weight is 270 g/mol. The minimum absolute atomic E-state index is 0.645. The molecule has 1 aliphatic heterocycles. The van der Waals surface area contributed by atoms with E-state index in [2.05, 4.69) is 31.0 Å². The summed E-state index contributed by atoms with van der Waals surface area (Å²) in [5.74, 6) is 1.50. The van der Waals surface area contributed by atoms with Gasteiger partial charge in [-0.1, -0.05) is 27.2 Å². The second-order valence-corrected chi connectivity index (χ2v) is 6.17. The maximum Gasteiger partial charge on any atom is 0.0502 e. The third-order valence-corrected chi connectivity index (χ3v) is 4.45. The quantitative estimate of drug-likeness (QED) is 0.697. The molecule has 3 nitrogen and oxygen atoms in total. The molecule has 1 fully saturated rings. The molecule has 1 rings (SSSR count). The van der Waals surface area contributed by atoms with Crippen LogP contribution in [-0.4, -0.2) is 50.8 Å². The molecule has 3 atom stereocenters. The highest BCUT2D eigenvalue weighted by Gasteiger charge is 2.24. The number of nitrogens with one attached hydrogen (secondary N) is 1. The van der Waals surface area contributed by atoms with Crippen LogP contribution in [0, 0.1) is 11.8 Å². The summed E-state index contributed by atoms with van der Waals surface area (Å²) in [7, 11) is 1.82. The lowest BCUT2D eigenvalue weighted by atomic mass is 9.95. The first-order valence-corrected chi connectivity index (χ1v) is 8.15. The molecule has 19 heavy (non-hydrogen) atoms. The summed E-state index contributed by atoms with van der Waals surface area (Å²) in [4.78, 5) is 2.65. The van der Waals surface area contributed by atoms with E-state index in [1.54, 1.807) is 0 Å². The summed E-state index contributed by atoms with van der Waals surface area (Å²) in [6.07, 6.45) is 5.14. The van der Waals surface area contributed by atoms with Crippen molar-refractivity contribution in [1.82, 2.24) is 10.2 Å². The van der Waals surface area contributed by atoms with E-state index in [4.69, 9.17) is 4.74 Å². The number of hydrogen-bond donors (Lipinski definition) is 1. The Kier molecular flexibility index (Phi) is 8.67. The van der Waals surface area contributed by atoms with Crippen LogP contribution >= 0.6 is 0 Å². The fourth-order valence-corrected chi connectivity index (χ4v) is 3.03. The molecule has 0 aromatic rings. The molecule has 0 aromatic carbocycles. The second-order valence-electron chi connectivity index (χ2n) is 6.17. The average Bonchev–Trinajstić information content (AvgIpc) is 2.43. The molecule has 3 unspecified atom stereocenters. The van der Waals surface area contributed by atoms with E-state index in [9.17, 15) is 0 Å². The summed E-state index contributed by atoms with van der Waals surface area (Å²) in [6, 6.07) is 0.645. The van der Waals surface area contributed by atoms with Crippen LogP contribution < -0.4 is 5.32 Å². The Bertz CT molecular complexity index is 221. The lowest BCUT2D eigenvalue weighted by molar-refractivity contribution is 0.0815. The molecule has 0 amide bonds. The maximum atomic E-state index is 5.33. The molecular weight excluding hydrogens is 236 g/mol. The highest BCUT2D eigenvalue weighted by Crippen LogP contribution is 2.18. The number of ether oxygens (including phenoxy) is 1. The Labute approximate surface area is 120 Å². The van der Waals surface area contributed by atoms with Crippen LogP contribution in [0.4, 0.5) is 0 Å². The van der Waals surface area contributed by atoms with Gasteiger partial charge in [0.25, 0.3) is 0 Å². The molecule has 1 heterocycles. The van der Waals surface area contributed by atoms with E-state index in [0.717, 1.165) is 25.0 Å². The largest absolute Gasteiger partial charge is 0.384 e. The van der Waals surface area contributed by atoms with Gasteiger partial charge in [-0.05, 0) is 44.2 Å². The number of rotatable bonds is 9. The predicted molar refractivity (Wildman–Crippen MR) is 82.6 cm³/mol. The Hall–Kier alpha value is -0.120. The van der Waals surface area contributed by atoms with Crippen molar-refractivity contribution in [3.05, 3.63) is 0 Å². The highest BCUT2D eigenvalue weighted by atomic mass is 16.5. The molecule has 0 aromatic heterocycles. The molecule has 0 aliphatic carbocycles. The van der Waals surface area contributed by atoms with Crippen LogP contribution in [0.2, 0.25) is 0 Å². The number of likely N-dealkylation sites (tertiary alicyclic amines) is 1. The summed E-state index contributed by atoms with van der Waals surface area (Å²) in [6.45, 7) is 12.7. The van der Waals surface area contributed by atoms with E-state index in [1.807, 2.05) is 7.11 Å². The van der Waals surface area contributed by atoms with Gasteiger partial charge in [0.05, 0.1) is 6.61 Å². The summed E-state index contributed by atoms with van der Waals surface area (Å²) in [5.41, 5.74) is 0. The minimum Gasteiger partial charge on any atom is -0.384 e. The number of methoxy groups -OCH3 is 1. The maximum absolute atomic E-state index is 5.33. The first kappa shape index (κ1) is 16.9. The number of piperidine rings is 1. The van der Waals surface area contributed by atoms with Gasteiger partial charge >= 0.3 is 0 Å². The predicted octanol–water partition coefficient (Wildman–Crippen LogP) is 2.76. The van der Waals surface area contributed by atoms with Crippen molar-refractivity contribution >= 4 is 0 Å². The molecule has 0 bridgehead atoms. The van der Waals surface area contributed by atoms with Crippen LogP contribution in [0.1, 0.15) is 46.5 Å². The highest BCUT2D eigenvalue weighted by molar-refractivity contribution is 4.80. The molecule has 0 spiro atoms. The lowest BCUT2D eigenvalue weighted by Gasteiger charge is -2.36. The number of nitrogens with zero attached hydrogens (tertiary/aromatic N) is 1. The third-order valence-electron chi connectivity index (χ3n) is 4.45. The lowest BCUT2D eigenvalue weighted by Crippen LogP contribution is -2.48. The van der Waals surface area contributed by atoms with Crippen LogP contribution in [0.15, 0.2) is 0 Å². The zero-order valence-electron chi connectivity index (χ0n) is 13.5. The Morgan fingerprint density at radius 2 is 2.16 bits per heavy atom. The standard InChI is InChI=1S/C16H34N2O/c1-5-9-17-16(14(3)6-2)12-18-10-7-8-15(11-18)13-19-4/h14-17H,5-13H2,1-4H3. The fourth-order valence-electron chi connectivity index (χ4n) is 3.03. The molecule has 0 radical (unpaired) electrons. The van der Waals surface area contributed by atoms with E-state index >= 15 is 0 Å². The van der Waals surface area contributed by atoms with Gasteiger partial charge in [0.1, 0.15) is 0 Å². The summed E-state index contributed by atoms with van der Waals surface area (Å²) in [5, 5.41) is 3.74. The third kappa shape index (κ3) is 6.24. The van der Waals surface area contributed by atoms with Crippen molar-refractivity contribution < 1.29 is 4.74 Å². The normalized spacial score (nSPS) is 24.3. The van der Waals surface area contributed by atoms with Gasteiger partial charge in [0.15, 0.2) is 0 Å². The molecule has 1 saturated heterocycles. The first-order valence-electron chi connectivity index (χ1n) is 8.15. The van der Waals surface area contributed by atoms with Crippen molar-refractivity contribution in [2.24, 2.45) is 11.8 Å². The van der Waals surface area contributed by atoms with Gasteiger partial charge in [0, 0.05) is 26.2 Å². The summed E-state index contributed by atoms with van der Waals surface area (Å²) >= 11 is 0. The Morgan fingerprint density at radius 1 is 1.37 bits per heavy atom. The van der Waals surface area contributed by atoms with E-state index in [-0.39, 0.29) is 0 Å². The fraction of sp³-hybridized carbons (Fsp3) is 1.00. The molecule has 114 valence electrons. The van der Waals surface area contributed by atoms with Crippen LogP contribution in [0.3, 0.4) is 0 Å². The smallest absolute Gasteiger partial charge is 0.0502 e. The van der Waals surface area contributed by atoms with Crippen LogP contribution in [0.5, 0.6) is 0 Å². The Balaban J connectivity index is 2.42. The topological polar surface area (TPSA) is 24.5 Å². The zero-order chi connectivity index (χ0) is 14.1. The van der Waals surface area contributed by atoms with Gasteiger partial charge in [-0.2, -0.15) is 0 Å². The first-order chi connectivity index (χ1) is 9.21. The molecule has 1 N–H and O–H groups in total. The van der Waals surface area contributed by atoms with E-state index in [0.29, 0.717) is 6.04 Å². The molecular formula is C16H34N2O. The van der Waals surface area contributed by atoms with Gasteiger partial charge in [-0.3, -0.25) is 0 Å². The van der Waals surface area contributed by atoms with Gasteiger partial charge in [-0.25, -0.2) is 0 Å². The van der Waals surface area contributed by atoms with Crippen molar-refractivity contribution in [1.29, 1.82) is 0 Å². The number of hydrogen-bond acceptors (Lipinski definition) is 3. The molecule has 1 aliphatic rings. The van der Waals surface area contributed by atoms with Gasteiger partial charge in [-0.15, -0.1) is 0 Å². The van der Waals surface area contributed by atoms with Crippen molar-refractivity contribution in [3.8, 4) is 0 Å². The van der Waals surface area contributed by atoms with E-state index in [1.165, 1.54) is 45.3 Å². The Morgan fingerprint density at radius 3 is 2.79 bits per heavy atom. The van der Waals surface area contributed by atoms with Crippen LogP contribution in [0.25, 0.3) is 0 Å². The van der Waals surface area contributed by atoms with E-state index < -0.39 is 0 Å². The van der Waals surface area contributed by atoms with Gasteiger partial charge in [0.2, 0.25) is 0 Å². The second kappa shape index (κ2) is 9.73. The zero-order valence-corrected chi connectivity index (χ0v) is 13.5. The summed E-state index contributed by atoms with van der Waals surface area (Å²) < 4.78 is 5.33. The SMILES string of the molecule is CCCNC(CN1CCCC(COC)C1)C(C)CC. The molecule has 0 saturated carbocycles.